The second-order valence-corrected chi connectivity index (χ2v) is 3.53. The van der Waals surface area contributed by atoms with Gasteiger partial charge in [0.15, 0.2) is 0 Å². The van der Waals surface area contributed by atoms with Crippen molar-refractivity contribution in [3.05, 3.63) is 41.5 Å². The van der Waals surface area contributed by atoms with Crippen LogP contribution < -0.4 is 5.73 Å². The Bertz CT molecular complexity index is 474. The predicted octanol–water partition coefficient (Wildman–Crippen LogP) is 2.42. The molecule has 0 aliphatic rings. The van der Waals surface area contributed by atoms with Crippen LogP contribution in [0.3, 0.4) is 0 Å². The molecule has 0 unspecified atom stereocenters. The number of aryl methyl sites for hydroxylation is 2. The number of hydrogen-bond acceptors (Lipinski definition) is 3. The van der Waals surface area contributed by atoms with Gasteiger partial charge in [-0.2, -0.15) is 0 Å². The lowest BCUT2D eigenvalue weighted by atomic mass is 10.1. The van der Waals surface area contributed by atoms with Crippen LogP contribution in [-0.4, -0.2) is 4.98 Å². The van der Waals surface area contributed by atoms with E-state index in [0.29, 0.717) is 12.4 Å². The van der Waals surface area contributed by atoms with Crippen molar-refractivity contribution in [3.8, 4) is 11.3 Å². The quantitative estimate of drug-likeness (QED) is 0.813. The molecule has 0 amide bonds. The lowest BCUT2D eigenvalue weighted by molar-refractivity contribution is 0.474. The van der Waals surface area contributed by atoms with Gasteiger partial charge in [0.05, 0.1) is 6.54 Å². The van der Waals surface area contributed by atoms with Gasteiger partial charge in [-0.25, -0.2) is 4.98 Å². The largest absolute Gasteiger partial charge is 0.444 e. The third kappa shape index (κ3) is 1.78. The molecule has 1 heterocycles. The molecule has 2 aromatic rings. The smallest absolute Gasteiger partial charge is 0.208 e. The molecule has 0 spiro atoms. The highest BCUT2D eigenvalue weighted by Crippen LogP contribution is 2.25. The van der Waals surface area contributed by atoms with Gasteiger partial charge < -0.3 is 10.2 Å². The van der Waals surface area contributed by atoms with E-state index < -0.39 is 0 Å². The Balaban J connectivity index is 2.54. The molecule has 3 nitrogen and oxygen atoms in total. The van der Waals surface area contributed by atoms with Crippen LogP contribution in [0.1, 0.15) is 17.2 Å². The average Bonchev–Trinajstić information content (AvgIpc) is 2.60. The standard InChI is InChI=1S/C12H14N2O/c1-8-5-3-4-6-10(8)12-9(2)15-11(7-13)14-12/h3-6H,7,13H2,1-2H3. The molecular weight excluding hydrogens is 188 g/mol. The molecule has 0 aliphatic carbocycles. The Morgan fingerprint density at radius 2 is 2.00 bits per heavy atom. The third-order valence-electron chi connectivity index (χ3n) is 2.42. The fourth-order valence-electron chi connectivity index (χ4n) is 1.63. The molecule has 3 heteroatoms. The van der Waals surface area contributed by atoms with Gasteiger partial charge in [-0.05, 0) is 19.4 Å². The first kappa shape index (κ1) is 9.93. The first-order valence-corrected chi connectivity index (χ1v) is 4.94. The molecule has 1 aromatic heterocycles. The van der Waals surface area contributed by atoms with Crippen LogP contribution in [0.15, 0.2) is 28.7 Å². The Hall–Kier alpha value is -1.61. The van der Waals surface area contributed by atoms with Crippen LogP contribution in [0.4, 0.5) is 0 Å². The maximum Gasteiger partial charge on any atom is 0.208 e. The molecule has 1 aromatic carbocycles. The molecule has 0 saturated heterocycles. The van der Waals surface area contributed by atoms with Crippen LogP contribution in [0.25, 0.3) is 11.3 Å². The average molecular weight is 202 g/mol. The van der Waals surface area contributed by atoms with E-state index in [4.69, 9.17) is 10.2 Å². The summed E-state index contributed by atoms with van der Waals surface area (Å²) in [6, 6.07) is 8.11. The molecular formula is C12H14N2O. The summed E-state index contributed by atoms with van der Waals surface area (Å²) in [5, 5.41) is 0. The van der Waals surface area contributed by atoms with E-state index in [1.807, 2.05) is 25.1 Å². The number of benzene rings is 1. The number of rotatable bonds is 2. The summed E-state index contributed by atoms with van der Waals surface area (Å²) < 4.78 is 5.44. The molecule has 2 rings (SSSR count). The zero-order valence-electron chi connectivity index (χ0n) is 8.95. The minimum absolute atomic E-state index is 0.340. The Morgan fingerprint density at radius 3 is 2.60 bits per heavy atom. The molecule has 15 heavy (non-hydrogen) atoms. The van der Waals surface area contributed by atoms with Gasteiger partial charge in [0.1, 0.15) is 11.5 Å². The fraction of sp³-hybridized carbons (Fsp3) is 0.250. The molecule has 2 N–H and O–H groups in total. The normalized spacial score (nSPS) is 10.6. The van der Waals surface area contributed by atoms with Crippen LogP contribution in [0, 0.1) is 13.8 Å². The van der Waals surface area contributed by atoms with Crippen molar-refractivity contribution in [2.24, 2.45) is 5.73 Å². The lowest BCUT2D eigenvalue weighted by Gasteiger charge is -2.01. The predicted molar refractivity (Wildman–Crippen MR) is 59.3 cm³/mol. The minimum Gasteiger partial charge on any atom is -0.444 e. The summed E-state index contributed by atoms with van der Waals surface area (Å²) >= 11 is 0. The lowest BCUT2D eigenvalue weighted by Crippen LogP contribution is -1.95. The third-order valence-corrected chi connectivity index (χ3v) is 2.42. The van der Waals surface area contributed by atoms with E-state index in [1.54, 1.807) is 0 Å². The Kier molecular flexibility index (Phi) is 2.56. The van der Waals surface area contributed by atoms with Gasteiger partial charge in [0, 0.05) is 5.56 Å². The zero-order valence-corrected chi connectivity index (χ0v) is 8.95. The summed E-state index contributed by atoms with van der Waals surface area (Å²) in [6.45, 7) is 4.31. The highest BCUT2D eigenvalue weighted by atomic mass is 16.4. The van der Waals surface area contributed by atoms with Crippen molar-refractivity contribution in [2.75, 3.05) is 0 Å². The molecule has 78 valence electrons. The maximum atomic E-state index is 5.49. The van der Waals surface area contributed by atoms with Crippen molar-refractivity contribution in [2.45, 2.75) is 20.4 Å². The van der Waals surface area contributed by atoms with E-state index >= 15 is 0 Å². The van der Waals surface area contributed by atoms with Gasteiger partial charge in [0.25, 0.3) is 0 Å². The number of nitrogens with zero attached hydrogens (tertiary/aromatic N) is 1. The van der Waals surface area contributed by atoms with Gasteiger partial charge in [-0.15, -0.1) is 0 Å². The molecule has 0 bridgehead atoms. The van der Waals surface area contributed by atoms with Gasteiger partial charge in [0.2, 0.25) is 5.89 Å². The maximum absolute atomic E-state index is 5.49. The van der Waals surface area contributed by atoms with Crippen LogP contribution in [0.2, 0.25) is 0 Å². The van der Waals surface area contributed by atoms with Crippen LogP contribution in [0.5, 0.6) is 0 Å². The highest BCUT2D eigenvalue weighted by Gasteiger charge is 2.11. The molecule has 0 saturated carbocycles. The van der Waals surface area contributed by atoms with E-state index in [0.717, 1.165) is 17.0 Å². The van der Waals surface area contributed by atoms with E-state index in [9.17, 15) is 0 Å². The second kappa shape index (κ2) is 3.87. The number of aromatic nitrogens is 1. The topological polar surface area (TPSA) is 52.0 Å². The minimum atomic E-state index is 0.340. The van der Waals surface area contributed by atoms with E-state index in [2.05, 4.69) is 18.0 Å². The number of oxazole rings is 1. The molecule has 0 aliphatic heterocycles. The number of nitrogens with two attached hydrogens (primary N) is 1. The second-order valence-electron chi connectivity index (χ2n) is 3.53. The Morgan fingerprint density at radius 1 is 1.27 bits per heavy atom. The molecule has 0 atom stereocenters. The van der Waals surface area contributed by atoms with Crippen molar-refractivity contribution in [3.63, 3.8) is 0 Å². The van der Waals surface area contributed by atoms with Crippen molar-refractivity contribution in [1.82, 2.24) is 4.98 Å². The molecule has 0 fully saturated rings. The summed E-state index contributed by atoms with van der Waals surface area (Å²) in [5.41, 5.74) is 8.69. The SMILES string of the molecule is Cc1ccccc1-c1nc(CN)oc1C. The molecule has 0 radical (unpaired) electrons. The van der Waals surface area contributed by atoms with Crippen molar-refractivity contribution >= 4 is 0 Å². The summed E-state index contributed by atoms with van der Waals surface area (Å²) in [6.07, 6.45) is 0. The van der Waals surface area contributed by atoms with E-state index in [-0.39, 0.29) is 0 Å². The summed E-state index contributed by atoms with van der Waals surface area (Å²) in [7, 11) is 0. The van der Waals surface area contributed by atoms with E-state index in [1.165, 1.54) is 5.56 Å². The summed E-state index contributed by atoms with van der Waals surface area (Å²) in [4.78, 5) is 4.37. The summed E-state index contributed by atoms with van der Waals surface area (Å²) in [5.74, 6) is 1.41. The van der Waals surface area contributed by atoms with Crippen LogP contribution in [-0.2, 0) is 6.54 Å². The van der Waals surface area contributed by atoms with Crippen molar-refractivity contribution in [1.29, 1.82) is 0 Å². The highest BCUT2D eigenvalue weighted by molar-refractivity contribution is 5.64. The zero-order chi connectivity index (χ0) is 10.8. The first-order valence-electron chi connectivity index (χ1n) is 4.94. The van der Waals surface area contributed by atoms with Crippen molar-refractivity contribution < 1.29 is 4.42 Å². The number of hydrogen-bond donors (Lipinski definition) is 1. The van der Waals surface area contributed by atoms with Gasteiger partial charge in [-0.3, -0.25) is 0 Å². The van der Waals surface area contributed by atoms with Gasteiger partial charge in [-0.1, -0.05) is 24.3 Å². The monoisotopic (exact) mass is 202 g/mol. The first-order chi connectivity index (χ1) is 7.22. The van der Waals surface area contributed by atoms with Gasteiger partial charge >= 0.3 is 0 Å². The fourth-order valence-corrected chi connectivity index (χ4v) is 1.63. The van der Waals surface area contributed by atoms with Crippen LogP contribution >= 0.6 is 0 Å². The Labute approximate surface area is 88.9 Å².